The second-order valence-corrected chi connectivity index (χ2v) is 5.71. The van der Waals surface area contributed by atoms with Gasteiger partial charge in [0, 0.05) is 28.7 Å². The highest BCUT2D eigenvalue weighted by atomic mass is 79.9. The molecule has 0 radical (unpaired) electrons. The lowest BCUT2D eigenvalue weighted by atomic mass is 10.2. The lowest BCUT2D eigenvalue weighted by Gasteiger charge is -2.10. The molecule has 0 atom stereocenters. The van der Waals surface area contributed by atoms with Crippen molar-refractivity contribution in [1.82, 2.24) is 0 Å². The lowest BCUT2D eigenvalue weighted by molar-refractivity contribution is -0.385. The summed E-state index contributed by atoms with van der Waals surface area (Å²) < 4.78 is 5.52. The number of amides is 1. The molecule has 0 spiro atoms. The normalized spacial score (nSPS) is 10.0. The maximum atomic E-state index is 11.9. The number of hydrogen-bond acceptors (Lipinski definition) is 7. The third-order valence-electron chi connectivity index (χ3n) is 3.13. The monoisotopic (exact) mass is 423 g/mol. The van der Waals surface area contributed by atoms with E-state index in [1.54, 1.807) is 0 Å². The van der Waals surface area contributed by atoms with Crippen molar-refractivity contribution in [3.05, 3.63) is 66.7 Å². The number of nitro groups is 2. The van der Waals surface area contributed by atoms with Gasteiger partial charge in [-0.25, -0.2) is 0 Å². The van der Waals surface area contributed by atoms with Gasteiger partial charge in [0.2, 0.25) is 0 Å². The minimum Gasteiger partial charge on any atom is -0.483 e. The first-order valence-corrected chi connectivity index (χ1v) is 7.71. The molecular weight excluding hydrogens is 414 g/mol. The number of halogens is 1. The van der Waals surface area contributed by atoms with Gasteiger partial charge in [0.25, 0.3) is 17.3 Å². The van der Waals surface area contributed by atoms with Gasteiger partial charge in [-0.15, -0.1) is 0 Å². The fourth-order valence-corrected chi connectivity index (χ4v) is 2.39. The SMILES string of the molecule is O=Cc1cc([N+](=O)[O-])ccc1OCC(=O)Nc1ccc([N+](=O)[O-])cc1Br. The van der Waals surface area contributed by atoms with Crippen LogP contribution in [0.15, 0.2) is 40.9 Å². The number of anilines is 1. The largest absolute Gasteiger partial charge is 0.483 e. The van der Waals surface area contributed by atoms with E-state index in [0.717, 1.165) is 12.1 Å². The van der Waals surface area contributed by atoms with E-state index in [2.05, 4.69) is 21.2 Å². The Bertz CT molecular complexity index is 901. The second kappa shape index (κ2) is 8.16. The molecule has 0 aliphatic carbocycles. The zero-order valence-corrected chi connectivity index (χ0v) is 14.5. The molecule has 0 aliphatic rings. The van der Waals surface area contributed by atoms with Gasteiger partial charge < -0.3 is 10.1 Å². The third-order valence-corrected chi connectivity index (χ3v) is 3.78. The van der Waals surface area contributed by atoms with E-state index in [-0.39, 0.29) is 22.7 Å². The molecule has 0 heterocycles. The molecule has 11 heteroatoms. The minimum absolute atomic E-state index is 0.0171. The van der Waals surface area contributed by atoms with Gasteiger partial charge >= 0.3 is 0 Å². The molecule has 2 rings (SSSR count). The summed E-state index contributed by atoms with van der Waals surface area (Å²) >= 11 is 3.11. The van der Waals surface area contributed by atoms with Gasteiger partial charge in [0.05, 0.1) is 21.1 Å². The van der Waals surface area contributed by atoms with Crippen molar-refractivity contribution in [3.8, 4) is 5.75 Å². The van der Waals surface area contributed by atoms with Crippen molar-refractivity contribution in [2.75, 3.05) is 11.9 Å². The van der Waals surface area contributed by atoms with Gasteiger partial charge in [-0.1, -0.05) is 0 Å². The van der Waals surface area contributed by atoms with E-state index in [9.17, 15) is 29.8 Å². The average Bonchev–Trinajstić information content (AvgIpc) is 2.61. The number of aldehydes is 1. The molecule has 2 aromatic carbocycles. The number of ether oxygens (including phenoxy) is 1. The van der Waals surface area contributed by atoms with Gasteiger partial charge in [-0.05, 0) is 28.1 Å². The van der Waals surface area contributed by atoms with E-state index in [1.165, 1.54) is 24.3 Å². The van der Waals surface area contributed by atoms with Crippen LogP contribution in [-0.4, -0.2) is 28.6 Å². The fourth-order valence-electron chi connectivity index (χ4n) is 1.92. The van der Waals surface area contributed by atoms with Crippen LogP contribution in [0.5, 0.6) is 5.75 Å². The molecule has 2 aromatic rings. The number of hydrogen-bond donors (Lipinski definition) is 1. The summed E-state index contributed by atoms with van der Waals surface area (Å²) in [5, 5.41) is 23.8. The molecule has 0 saturated carbocycles. The highest BCUT2D eigenvalue weighted by molar-refractivity contribution is 9.10. The van der Waals surface area contributed by atoms with Crippen LogP contribution in [-0.2, 0) is 4.79 Å². The number of rotatable bonds is 7. The summed E-state index contributed by atoms with van der Waals surface area (Å²) in [6, 6.07) is 7.21. The number of nitrogens with zero attached hydrogens (tertiary/aromatic N) is 2. The van der Waals surface area contributed by atoms with E-state index < -0.39 is 22.4 Å². The van der Waals surface area contributed by atoms with Crippen LogP contribution in [0.25, 0.3) is 0 Å². The van der Waals surface area contributed by atoms with Crippen molar-refractivity contribution in [2.45, 2.75) is 0 Å². The Morgan fingerprint density at radius 3 is 2.31 bits per heavy atom. The Kier molecular flexibility index (Phi) is 5.96. The first kappa shape index (κ1) is 19.0. The van der Waals surface area contributed by atoms with Crippen LogP contribution in [0.2, 0.25) is 0 Å². The van der Waals surface area contributed by atoms with Crippen LogP contribution in [0, 0.1) is 20.2 Å². The van der Waals surface area contributed by atoms with Gasteiger partial charge in [-0.2, -0.15) is 0 Å². The molecule has 26 heavy (non-hydrogen) atoms. The number of carbonyl (C=O) groups is 2. The summed E-state index contributed by atoms with van der Waals surface area (Å²) in [5.74, 6) is -0.571. The van der Waals surface area contributed by atoms with Crippen molar-refractivity contribution in [2.24, 2.45) is 0 Å². The van der Waals surface area contributed by atoms with E-state index >= 15 is 0 Å². The van der Waals surface area contributed by atoms with Crippen LogP contribution in [0.1, 0.15) is 10.4 Å². The summed E-state index contributed by atoms with van der Waals surface area (Å²) in [5.41, 5.74) is -0.196. The zero-order valence-electron chi connectivity index (χ0n) is 12.9. The van der Waals surface area contributed by atoms with E-state index in [4.69, 9.17) is 4.74 Å². The molecule has 10 nitrogen and oxygen atoms in total. The fraction of sp³-hybridized carbons (Fsp3) is 0.0667. The standard InChI is InChI=1S/C15H10BrN3O7/c16-12-6-11(19(24)25)1-3-13(12)17-15(21)8-26-14-4-2-10(18(22)23)5-9(14)7-20/h1-7H,8H2,(H,17,21). The maximum absolute atomic E-state index is 11.9. The summed E-state index contributed by atoms with van der Waals surface area (Å²) in [6.45, 7) is -0.470. The second-order valence-electron chi connectivity index (χ2n) is 4.86. The quantitative estimate of drug-likeness (QED) is 0.409. The molecule has 0 bridgehead atoms. The summed E-state index contributed by atoms with van der Waals surface area (Å²) in [6.07, 6.45) is 0.382. The molecule has 0 aromatic heterocycles. The number of nitrogens with one attached hydrogen (secondary N) is 1. The molecule has 1 N–H and O–H groups in total. The van der Waals surface area contributed by atoms with Crippen molar-refractivity contribution >= 4 is 45.2 Å². The highest BCUT2D eigenvalue weighted by Gasteiger charge is 2.14. The summed E-state index contributed by atoms with van der Waals surface area (Å²) in [4.78, 5) is 43.1. The number of nitro benzene ring substituents is 2. The molecule has 134 valence electrons. The Hall–Kier alpha value is -3.34. The maximum Gasteiger partial charge on any atom is 0.270 e. The van der Waals surface area contributed by atoms with Gasteiger partial charge in [0.1, 0.15) is 5.75 Å². The summed E-state index contributed by atoms with van der Waals surface area (Å²) in [7, 11) is 0. The van der Waals surface area contributed by atoms with E-state index in [1.807, 2.05) is 0 Å². The Morgan fingerprint density at radius 2 is 1.73 bits per heavy atom. The predicted molar refractivity (Wildman–Crippen MR) is 93.4 cm³/mol. The highest BCUT2D eigenvalue weighted by Crippen LogP contribution is 2.27. The number of carbonyl (C=O) groups excluding carboxylic acids is 2. The zero-order chi connectivity index (χ0) is 19.3. The predicted octanol–water partition coefficient (Wildman–Crippen LogP) is 3.10. The van der Waals surface area contributed by atoms with Gasteiger partial charge in [-0.3, -0.25) is 29.8 Å². The van der Waals surface area contributed by atoms with E-state index in [0.29, 0.717) is 16.4 Å². The van der Waals surface area contributed by atoms with Crippen LogP contribution in [0.4, 0.5) is 17.1 Å². The Balaban J connectivity index is 2.04. The minimum atomic E-state index is -0.657. The molecule has 1 amide bonds. The molecule has 0 saturated heterocycles. The molecule has 0 unspecified atom stereocenters. The average molecular weight is 424 g/mol. The number of benzene rings is 2. The topological polar surface area (TPSA) is 142 Å². The Morgan fingerprint density at radius 1 is 1.12 bits per heavy atom. The lowest BCUT2D eigenvalue weighted by Crippen LogP contribution is -2.20. The van der Waals surface area contributed by atoms with Crippen LogP contribution >= 0.6 is 15.9 Å². The third kappa shape index (κ3) is 4.60. The van der Waals surface area contributed by atoms with Crippen molar-refractivity contribution < 1.29 is 24.2 Å². The molecule has 0 aliphatic heterocycles. The van der Waals surface area contributed by atoms with Crippen molar-refractivity contribution in [3.63, 3.8) is 0 Å². The first-order chi connectivity index (χ1) is 12.3. The van der Waals surface area contributed by atoms with Crippen LogP contribution < -0.4 is 10.1 Å². The molecule has 0 fully saturated rings. The first-order valence-electron chi connectivity index (χ1n) is 6.92. The molecular formula is C15H10BrN3O7. The van der Waals surface area contributed by atoms with Crippen molar-refractivity contribution in [1.29, 1.82) is 0 Å². The Labute approximate surface area is 154 Å². The number of non-ortho nitro benzene ring substituents is 2. The smallest absolute Gasteiger partial charge is 0.270 e. The van der Waals surface area contributed by atoms with Gasteiger partial charge in [0.15, 0.2) is 12.9 Å². The van der Waals surface area contributed by atoms with Crippen LogP contribution in [0.3, 0.4) is 0 Å².